The quantitative estimate of drug-likeness (QED) is 0.616. The summed E-state index contributed by atoms with van der Waals surface area (Å²) in [5.74, 6) is -0.000180. The molecule has 2 atom stereocenters. The van der Waals surface area contributed by atoms with Crippen LogP contribution in [-0.4, -0.2) is 55.4 Å². The SMILES string of the molecule is CCN(CC)c1ccc(N2C(=NC(=O)Cc3ccc(C)cc3)S[C@H]3CS(=O)(=O)C[C@@H]32)c(C)c1. The van der Waals surface area contributed by atoms with Crippen molar-refractivity contribution in [3.05, 3.63) is 59.2 Å². The molecule has 1 amide bonds. The maximum absolute atomic E-state index is 12.8. The number of carbonyl (C=O) groups excluding carboxylic acids is 1. The molecule has 4 rings (SSSR count). The zero-order chi connectivity index (χ0) is 23.8. The van der Waals surface area contributed by atoms with E-state index in [-0.39, 0.29) is 35.1 Å². The molecular weight excluding hydrogens is 454 g/mol. The Balaban J connectivity index is 1.66. The van der Waals surface area contributed by atoms with Gasteiger partial charge in [0.2, 0.25) is 0 Å². The van der Waals surface area contributed by atoms with E-state index in [4.69, 9.17) is 0 Å². The molecule has 0 spiro atoms. The molecule has 2 heterocycles. The van der Waals surface area contributed by atoms with Gasteiger partial charge in [0, 0.05) is 29.7 Å². The first kappa shape index (κ1) is 23.8. The molecule has 2 saturated heterocycles. The number of thioether (sulfide) groups is 1. The number of anilines is 2. The summed E-state index contributed by atoms with van der Waals surface area (Å²) in [5.41, 5.74) is 5.17. The predicted molar refractivity (Wildman–Crippen MR) is 138 cm³/mol. The summed E-state index contributed by atoms with van der Waals surface area (Å²) in [4.78, 5) is 21.6. The topological polar surface area (TPSA) is 70.0 Å². The number of fused-ring (bicyclic) bond motifs is 1. The molecule has 2 aliphatic heterocycles. The highest BCUT2D eigenvalue weighted by Crippen LogP contribution is 2.42. The standard InChI is InChI=1S/C25H31N3O3S2/c1-5-27(6-2)20-11-12-21(18(4)13-20)28-22-15-33(30,31)16-23(22)32-25(28)26-24(29)14-19-9-7-17(3)8-10-19/h7-13,22-23H,5-6,14-16H2,1-4H3/t22-,23-/m0/s1. The van der Waals surface area contributed by atoms with E-state index in [1.165, 1.54) is 11.8 Å². The summed E-state index contributed by atoms with van der Waals surface area (Å²) in [6.07, 6.45) is 0.228. The van der Waals surface area contributed by atoms with Crippen molar-refractivity contribution < 1.29 is 13.2 Å². The lowest BCUT2D eigenvalue weighted by Gasteiger charge is -2.28. The number of amidine groups is 1. The van der Waals surface area contributed by atoms with E-state index < -0.39 is 9.84 Å². The summed E-state index contributed by atoms with van der Waals surface area (Å²) in [6, 6.07) is 13.9. The van der Waals surface area contributed by atoms with Gasteiger partial charge in [-0.15, -0.1) is 0 Å². The average molecular weight is 486 g/mol. The van der Waals surface area contributed by atoms with Crippen LogP contribution in [0.5, 0.6) is 0 Å². The Morgan fingerprint density at radius 2 is 1.79 bits per heavy atom. The maximum atomic E-state index is 12.8. The Morgan fingerprint density at radius 3 is 2.42 bits per heavy atom. The maximum Gasteiger partial charge on any atom is 0.252 e. The largest absolute Gasteiger partial charge is 0.372 e. The third kappa shape index (κ3) is 5.11. The lowest BCUT2D eigenvalue weighted by Crippen LogP contribution is -2.38. The van der Waals surface area contributed by atoms with E-state index in [1.54, 1.807) is 0 Å². The molecule has 0 aromatic heterocycles. The van der Waals surface area contributed by atoms with Gasteiger partial charge in [0.15, 0.2) is 15.0 Å². The van der Waals surface area contributed by atoms with Gasteiger partial charge in [-0.3, -0.25) is 4.79 Å². The fraction of sp³-hybridized carbons (Fsp3) is 0.440. The van der Waals surface area contributed by atoms with Crippen LogP contribution in [0.1, 0.15) is 30.5 Å². The van der Waals surface area contributed by atoms with E-state index >= 15 is 0 Å². The highest BCUT2D eigenvalue weighted by Gasteiger charge is 2.49. The number of amides is 1. The monoisotopic (exact) mass is 485 g/mol. The van der Waals surface area contributed by atoms with Crippen LogP contribution in [0.2, 0.25) is 0 Å². The first-order chi connectivity index (χ1) is 15.7. The molecule has 0 bridgehead atoms. The molecule has 0 N–H and O–H groups in total. The predicted octanol–water partition coefficient (Wildman–Crippen LogP) is 3.99. The Bertz CT molecular complexity index is 1170. The summed E-state index contributed by atoms with van der Waals surface area (Å²) in [7, 11) is -3.10. The van der Waals surface area contributed by atoms with Gasteiger partial charge in [-0.1, -0.05) is 41.6 Å². The van der Waals surface area contributed by atoms with Gasteiger partial charge in [-0.25, -0.2) is 8.42 Å². The van der Waals surface area contributed by atoms with Gasteiger partial charge in [0.05, 0.1) is 24.0 Å². The lowest BCUT2D eigenvalue weighted by atomic mass is 10.1. The third-order valence-electron chi connectivity index (χ3n) is 6.33. The number of benzene rings is 2. The molecule has 8 heteroatoms. The van der Waals surface area contributed by atoms with Crippen LogP contribution < -0.4 is 9.80 Å². The molecule has 0 radical (unpaired) electrons. The molecule has 2 fully saturated rings. The molecule has 0 unspecified atom stereocenters. The van der Waals surface area contributed by atoms with Crippen LogP contribution >= 0.6 is 11.8 Å². The summed E-state index contributed by atoms with van der Waals surface area (Å²) in [5, 5.41) is 0.499. The van der Waals surface area contributed by atoms with Crippen molar-refractivity contribution in [1.29, 1.82) is 0 Å². The van der Waals surface area contributed by atoms with Crippen molar-refractivity contribution in [3.8, 4) is 0 Å². The second-order valence-electron chi connectivity index (χ2n) is 8.76. The Morgan fingerprint density at radius 1 is 1.09 bits per heavy atom. The highest BCUT2D eigenvalue weighted by molar-refractivity contribution is 8.16. The average Bonchev–Trinajstić information content (AvgIpc) is 3.22. The van der Waals surface area contributed by atoms with Crippen LogP contribution in [0.4, 0.5) is 11.4 Å². The Kier molecular flexibility index (Phi) is 6.86. The Labute approximate surface area is 201 Å². The van der Waals surface area contributed by atoms with E-state index in [1.807, 2.05) is 49.1 Å². The number of aliphatic imine (C=N–C) groups is 1. The van der Waals surface area contributed by atoms with Crippen LogP contribution in [0.3, 0.4) is 0 Å². The van der Waals surface area contributed by atoms with E-state index in [0.717, 1.165) is 41.2 Å². The minimum Gasteiger partial charge on any atom is -0.372 e. The molecule has 2 aromatic carbocycles. The normalized spacial score (nSPS) is 22.5. The van der Waals surface area contributed by atoms with Gasteiger partial charge in [0.1, 0.15) is 0 Å². The van der Waals surface area contributed by atoms with Crippen molar-refractivity contribution in [2.75, 3.05) is 34.4 Å². The van der Waals surface area contributed by atoms with E-state index in [2.05, 4.69) is 35.9 Å². The molecule has 2 aliphatic rings. The molecule has 176 valence electrons. The van der Waals surface area contributed by atoms with Crippen molar-refractivity contribution in [2.24, 2.45) is 4.99 Å². The fourth-order valence-corrected chi connectivity index (χ4v) is 8.49. The lowest BCUT2D eigenvalue weighted by molar-refractivity contribution is -0.117. The van der Waals surface area contributed by atoms with Crippen LogP contribution in [0.15, 0.2) is 47.5 Å². The van der Waals surface area contributed by atoms with Gasteiger partial charge in [-0.05, 0) is 57.0 Å². The van der Waals surface area contributed by atoms with Gasteiger partial charge < -0.3 is 9.80 Å². The van der Waals surface area contributed by atoms with Gasteiger partial charge in [-0.2, -0.15) is 4.99 Å². The highest BCUT2D eigenvalue weighted by atomic mass is 32.2. The van der Waals surface area contributed by atoms with Crippen molar-refractivity contribution in [2.45, 2.75) is 45.4 Å². The van der Waals surface area contributed by atoms with Crippen LogP contribution in [-0.2, 0) is 21.1 Å². The van der Waals surface area contributed by atoms with Crippen molar-refractivity contribution in [1.82, 2.24) is 0 Å². The zero-order valence-corrected chi connectivity index (χ0v) is 21.2. The van der Waals surface area contributed by atoms with E-state index in [0.29, 0.717) is 5.17 Å². The van der Waals surface area contributed by atoms with Gasteiger partial charge >= 0.3 is 0 Å². The molecule has 0 saturated carbocycles. The van der Waals surface area contributed by atoms with Gasteiger partial charge in [0.25, 0.3) is 5.91 Å². The van der Waals surface area contributed by atoms with Crippen LogP contribution in [0.25, 0.3) is 0 Å². The van der Waals surface area contributed by atoms with E-state index in [9.17, 15) is 13.2 Å². The van der Waals surface area contributed by atoms with Crippen molar-refractivity contribution >= 4 is 44.0 Å². The summed E-state index contributed by atoms with van der Waals surface area (Å²) >= 11 is 1.42. The van der Waals surface area contributed by atoms with Crippen molar-refractivity contribution in [3.63, 3.8) is 0 Å². The molecule has 6 nitrogen and oxygen atoms in total. The number of sulfone groups is 1. The third-order valence-corrected chi connectivity index (χ3v) is 9.54. The summed E-state index contributed by atoms with van der Waals surface area (Å²) < 4.78 is 24.7. The minimum atomic E-state index is -3.10. The number of rotatable bonds is 6. The number of aryl methyl sites for hydroxylation is 2. The minimum absolute atomic E-state index is 0.0904. The molecule has 0 aliphatic carbocycles. The first-order valence-corrected chi connectivity index (χ1v) is 14.1. The summed E-state index contributed by atoms with van der Waals surface area (Å²) in [6.45, 7) is 10.1. The second kappa shape index (κ2) is 9.50. The molecule has 2 aromatic rings. The smallest absolute Gasteiger partial charge is 0.252 e. The second-order valence-corrected chi connectivity index (χ2v) is 12.1. The zero-order valence-electron chi connectivity index (χ0n) is 19.6. The Hall–Kier alpha value is -2.32. The fourth-order valence-electron chi connectivity index (χ4n) is 4.57. The number of hydrogen-bond donors (Lipinski definition) is 0. The van der Waals surface area contributed by atoms with Crippen LogP contribution in [0, 0.1) is 13.8 Å². The molecular formula is C25H31N3O3S2. The first-order valence-electron chi connectivity index (χ1n) is 11.4. The number of hydrogen-bond acceptors (Lipinski definition) is 5. The number of nitrogens with zero attached hydrogens (tertiary/aromatic N) is 3. The molecule has 33 heavy (non-hydrogen) atoms. The number of carbonyl (C=O) groups is 1.